The van der Waals surface area contributed by atoms with Crippen LogP contribution in [-0.4, -0.2) is 34.1 Å². The molecule has 0 amide bonds. The van der Waals surface area contributed by atoms with Crippen LogP contribution < -0.4 is 15.4 Å². The van der Waals surface area contributed by atoms with Gasteiger partial charge in [-0.3, -0.25) is 0 Å². The molecule has 0 aliphatic rings. The number of alkyl halides is 3. The van der Waals surface area contributed by atoms with Crippen LogP contribution in [0.25, 0.3) is 11.3 Å². The minimum atomic E-state index is -4.80. The van der Waals surface area contributed by atoms with E-state index in [2.05, 4.69) is 25.3 Å². The molecule has 0 bridgehead atoms. The predicted molar refractivity (Wildman–Crippen MR) is 109 cm³/mol. The molecule has 0 radical (unpaired) electrons. The number of aliphatic hydroxyl groups excluding tert-OH is 1. The average molecular weight is 439 g/mol. The second-order valence-electron chi connectivity index (χ2n) is 6.40. The molecule has 0 fully saturated rings. The fraction of sp³-hybridized carbons (Fsp3) is 0.200. The zero-order chi connectivity index (χ0) is 21.7. The van der Waals surface area contributed by atoms with Crippen molar-refractivity contribution in [1.82, 2.24) is 9.97 Å². The number of nitrogens with zero attached hydrogens (tertiary/aromatic N) is 2. The molecule has 6 nitrogen and oxygen atoms in total. The highest BCUT2D eigenvalue weighted by Gasteiger charge is 2.31. The Morgan fingerprint density at radius 1 is 1.10 bits per heavy atom. The lowest BCUT2D eigenvalue weighted by molar-refractivity contribution is -0.274. The van der Waals surface area contributed by atoms with Gasteiger partial charge in [-0.25, -0.2) is 4.98 Å². The van der Waals surface area contributed by atoms with E-state index in [9.17, 15) is 18.3 Å². The summed E-state index contributed by atoms with van der Waals surface area (Å²) in [5, 5.41) is 15.8. The first-order chi connectivity index (χ1) is 14.2. The number of halogens is 4. The van der Waals surface area contributed by atoms with Crippen molar-refractivity contribution in [3.8, 4) is 17.0 Å². The van der Waals surface area contributed by atoms with Crippen LogP contribution in [0.15, 0.2) is 54.6 Å². The Labute approximate surface area is 175 Å². The number of benzene rings is 2. The molecule has 0 saturated carbocycles. The van der Waals surface area contributed by atoms with Crippen molar-refractivity contribution in [3.63, 3.8) is 0 Å². The Kier molecular flexibility index (Phi) is 6.63. The molecular weight excluding hydrogens is 421 g/mol. The lowest BCUT2D eigenvalue weighted by Crippen LogP contribution is -2.21. The maximum absolute atomic E-state index is 12.6. The van der Waals surface area contributed by atoms with Gasteiger partial charge in [-0.1, -0.05) is 29.8 Å². The van der Waals surface area contributed by atoms with Gasteiger partial charge in [-0.15, -0.1) is 13.2 Å². The third kappa shape index (κ3) is 6.23. The maximum atomic E-state index is 12.6. The summed E-state index contributed by atoms with van der Waals surface area (Å²) < 4.78 is 41.7. The summed E-state index contributed by atoms with van der Waals surface area (Å²) in [6.07, 6.45) is -4.80. The van der Waals surface area contributed by atoms with Crippen LogP contribution in [0, 0.1) is 0 Å². The molecule has 3 rings (SSSR count). The van der Waals surface area contributed by atoms with Gasteiger partial charge in [0.15, 0.2) is 0 Å². The molecule has 0 spiro atoms. The molecule has 10 heteroatoms. The summed E-state index contributed by atoms with van der Waals surface area (Å²) in [5.41, 5.74) is 1.42. The van der Waals surface area contributed by atoms with Crippen molar-refractivity contribution in [2.45, 2.75) is 19.3 Å². The van der Waals surface area contributed by atoms with Gasteiger partial charge in [-0.2, -0.15) is 4.98 Å². The highest BCUT2D eigenvalue weighted by Crippen LogP contribution is 2.29. The zero-order valence-corrected chi connectivity index (χ0v) is 16.5. The van der Waals surface area contributed by atoms with Crippen molar-refractivity contribution >= 4 is 29.1 Å². The Hall–Kier alpha value is -3.04. The number of aliphatic hydroxyl groups is 1. The molecule has 158 valence electrons. The van der Waals surface area contributed by atoms with Crippen molar-refractivity contribution < 1.29 is 23.0 Å². The minimum absolute atomic E-state index is 0.153. The lowest BCUT2D eigenvalue weighted by atomic mass is 10.1. The van der Waals surface area contributed by atoms with E-state index in [-0.39, 0.29) is 24.3 Å². The number of hydrogen-bond donors (Lipinski definition) is 3. The van der Waals surface area contributed by atoms with Crippen LogP contribution in [0.2, 0.25) is 5.02 Å². The number of aromatic nitrogens is 2. The summed E-state index contributed by atoms with van der Waals surface area (Å²) in [7, 11) is 0. The Morgan fingerprint density at radius 2 is 1.87 bits per heavy atom. The van der Waals surface area contributed by atoms with E-state index in [0.717, 1.165) is 0 Å². The van der Waals surface area contributed by atoms with E-state index < -0.39 is 6.36 Å². The van der Waals surface area contributed by atoms with E-state index in [0.29, 0.717) is 27.8 Å². The molecule has 2 aromatic carbocycles. The fourth-order valence-electron chi connectivity index (χ4n) is 2.56. The summed E-state index contributed by atoms with van der Waals surface area (Å²) in [6.45, 7) is 1.58. The van der Waals surface area contributed by atoms with Crippen LogP contribution in [-0.2, 0) is 0 Å². The monoisotopic (exact) mass is 438 g/mol. The molecule has 1 atom stereocenters. The summed E-state index contributed by atoms with van der Waals surface area (Å²) in [6, 6.07) is 13.7. The SMILES string of the molecule is C[C@@H](CO)Nc1nc(Nc2cccc(Cl)c2)cc(-c2cccc(OC(F)(F)F)c2)n1. The van der Waals surface area contributed by atoms with Crippen LogP contribution >= 0.6 is 11.6 Å². The van der Waals surface area contributed by atoms with Crippen LogP contribution in [0.4, 0.5) is 30.6 Å². The van der Waals surface area contributed by atoms with Crippen LogP contribution in [0.1, 0.15) is 6.92 Å². The van der Waals surface area contributed by atoms with Gasteiger partial charge in [0.25, 0.3) is 0 Å². The minimum Gasteiger partial charge on any atom is -0.406 e. The molecule has 1 aromatic heterocycles. The molecule has 30 heavy (non-hydrogen) atoms. The van der Waals surface area contributed by atoms with E-state index in [1.165, 1.54) is 18.2 Å². The van der Waals surface area contributed by atoms with Crippen LogP contribution in [0.3, 0.4) is 0 Å². The van der Waals surface area contributed by atoms with Gasteiger partial charge in [-0.05, 0) is 37.3 Å². The number of hydrogen-bond acceptors (Lipinski definition) is 6. The molecule has 1 heterocycles. The molecule has 0 saturated heterocycles. The summed E-state index contributed by atoms with van der Waals surface area (Å²) in [4.78, 5) is 8.71. The van der Waals surface area contributed by atoms with Crippen molar-refractivity contribution in [2.75, 3.05) is 17.2 Å². The summed E-state index contributed by atoms with van der Waals surface area (Å²) >= 11 is 6.01. The van der Waals surface area contributed by atoms with E-state index in [4.69, 9.17) is 11.6 Å². The van der Waals surface area contributed by atoms with Gasteiger partial charge >= 0.3 is 6.36 Å². The first-order valence-corrected chi connectivity index (χ1v) is 9.25. The zero-order valence-electron chi connectivity index (χ0n) is 15.7. The average Bonchev–Trinajstić information content (AvgIpc) is 2.66. The van der Waals surface area contributed by atoms with Crippen LogP contribution in [0.5, 0.6) is 5.75 Å². The van der Waals surface area contributed by atoms with Gasteiger partial charge in [0.1, 0.15) is 11.6 Å². The number of nitrogens with one attached hydrogen (secondary N) is 2. The third-order valence-electron chi connectivity index (χ3n) is 3.84. The summed E-state index contributed by atoms with van der Waals surface area (Å²) in [5.74, 6) is 0.221. The Balaban J connectivity index is 1.98. The molecule has 3 N–H and O–H groups in total. The Bertz CT molecular complexity index is 1020. The molecule has 3 aromatic rings. The highest BCUT2D eigenvalue weighted by atomic mass is 35.5. The topological polar surface area (TPSA) is 79.3 Å². The maximum Gasteiger partial charge on any atom is 0.573 e. The molecular formula is C20H18ClF3N4O2. The standard InChI is InChI=1S/C20H18ClF3N4O2/c1-12(11-29)25-19-27-17(13-4-2-7-16(8-13)30-20(22,23)24)10-18(28-19)26-15-6-3-5-14(21)9-15/h2-10,12,29H,11H2,1H3,(H2,25,26,27,28)/t12-/m0/s1. The Morgan fingerprint density at radius 3 is 2.57 bits per heavy atom. The highest BCUT2D eigenvalue weighted by molar-refractivity contribution is 6.30. The second kappa shape index (κ2) is 9.19. The fourth-order valence-corrected chi connectivity index (χ4v) is 2.75. The number of rotatable bonds is 7. The van der Waals surface area contributed by atoms with Gasteiger partial charge in [0.2, 0.25) is 5.95 Å². The molecule has 0 unspecified atom stereocenters. The van der Waals surface area contributed by atoms with Crippen molar-refractivity contribution in [3.05, 3.63) is 59.6 Å². The van der Waals surface area contributed by atoms with E-state index in [1.807, 2.05) is 0 Å². The normalized spacial score (nSPS) is 12.3. The second-order valence-corrected chi connectivity index (χ2v) is 6.84. The van der Waals surface area contributed by atoms with Crippen molar-refractivity contribution in [2.24, 2.45) is 0 Å². The first-order valence-electron chi connectivity index (χ1n) is 8.87. The molecule has 0 aliphatic carbocycles. The molecule has 0 aliphatic heterocycles. The largest absolute Gasteiger partial charge is 0.573 e. The third-order valence-corrected chi connectivity index (χ3v) is 4.07. The lowest BCUT2D eigenvalue weighted by Gasteiger charge is -2.15. The predicted octanol–water partition coefficient (Wildman–Crippen LogP) is 5.23. The van der Waals surface area contributed by atoms with Crippen molar-refractivity contribution in [1.29, 1.82) is 0 Å². The first kappa shape index (κ1) is 21.7. The van der Waals surface area contributed by atoms with Gasteiger partial charge in [0.05, 0.1) is 12.3 Å². The van der Waals surface area contributed by atoms with Gasteiger partial charge in [0, 0.05) is 28.4 Å². The number of ether oxygens (including phenoxy) is 1. The number of anilines is 3. The van der Waals surface area contributed by atoms with Gasteiger partial charge < -0.3 is 20.5 Å². The van der Waals surface area contributed by atoms with E-state index >= 15 is 0 Å². The van der Waals surface area contributed by atoms with E-state index in [1.54, 1.807) is 43.3 Å². The smallest absolute Gasteiger partial charge is 0.406 e. The quantitative estimate of drug-likeness (QED) is 0.468.